The second kappa shape index (κ2) is 5.43. The average molecular weight is 290 g/mol. The molecule has 3 aromatic rings. The first kappa shape index (κ1) is 13.4. The fourth-order valence-electron chi connectivity index (χ4n) is 2.44. The first-order chi connectivity index (χ1) is 10.2. The van der Waals surface area contributed by atoms with Crippen molar-refractivity contribution in [3.8, 4) is 27.6 Å². The lowest BCUT2D eigenvalue weighted by atomic mass is 9.98. The number of hydrogen-bond acceptors (Lipinski definition) is 3. The van der Waals surface area contributed by atoms with Crippen LogP contribution in [0.2, 0.25) is 0 Å². The third-order valence-corrected chi connectivity index (χ3v) is 4.64. The molecule has 1 aromatic heterocycles. The van der Waals surface area contributed by atoms with E-state index in [1.54, 1.807) is 0 Å². The molecule has 0 amide bonds. The number of rotatable bonds is 2. The molecule has 1 heterocycles. The van der Waals surface area contributed by atoms with Gasteiger partial charge in [0.25, 0.3) is 0 Å². The van der Waals surface area contributed by atoms with Gasteiger partial charge in [0.05, 0.1) is 5.69 Å². The third-order valence-electron chi connectivity index (χ3n) is 3.50. The van der Waals surface area contributed by atoms with Gasteiger partial charge in [-0.25, -0.2) is 0 Å². The zero-order chi connectivity index (χ0) is 14.8. The summed E-state index contributed by atoms with van der Waals surface area (Å²) in [6.07, 6.45) is 0. The van der Waals surface area contributed by atoms with Crippen LogP contribution in [0.4, 0.5) is 5.69 Å². The molecule has 0 aliphatic heterocycles. The first-order valence-corrected chi connectivity index (χ1v) is 7.48. The summed E-state index contributed by atoms with van der Waals surface area (Å²) in [5, 5.41) is 9.30. The minimum Gasteiger partial charge on any atom is -0.396 e. The van der Waals surface area contributed by atoms with Gasteiger partial charge in [0, 0.05) is 10.4 Å². The van der Waals surface area contributed by atoms with E-state index in [0.29, 0.717) is 10.6 Å². The Morgan fingerprint density at radius 3 is 2.33 bits per heavy atom. The molecule has 3 heteroatoms. The molecule has 0 bridgehead atoms. The molecular formula is C18H14N2S. The second-order valence-corrected chi connectivity index (χ2v) is 5.86. The highest BCUT2D eigenvalue weighted by Gasteiger charge is 2.19. The Morgan fingerprint density at radius 2 is 1.67 bits per heavy atom. The fraction of sp³-hybridized carbons (Fsp3) is 0.0556. The van der Waals surface area contributed by atoms with E-state index >= 15 is 0 Å². The molecule has 102 valence electrons. The van der Waals surface area contributed by atoms with Crippen molar-refractivity contribution in [1.29, 1.82) is 5.26 Å². The molecule has 3 rings (SSSR count). The number of hydrogen-bond donors (Lipinski definition) is 1. The molecule has 2 nitrogen and oxygen atoms in total. The number of nitrogen functional groups attached to an aromatic ring is 1. The summed E-state index contributed by atoms with van der Waals surface area (Å²) < 4.78 is 0. The number of anilines is 1. The summed E-state index contributed by atoms with van der Waals surface area (Å²) in [5.74, 6) is 0. The van der Waals surface area contributed by atoms with Crippen molar-refractivity contribution in [2.45, 2.75) is 6.92 Å². The minimum absolute atomic E-state index is 0.576. The van der Waals surface area contributed by atoms with E-state index in [2.05, 4.69) is 25.1 Å². The van der Waals surface area contributed by atoms with Crippen LogP contribution in [0.15, 0.2) is 54.6 Å². The van der Waals surface area contributed by atoms with Gasteiger partial charge >= 0.3 is 0 Å². The highest BCUT2D eigenvalue weighted by Crippen LogP contribution is 2.45. The Labute approximate surface area is 128 Å². The van der Waals surface area contributed by atoms with Crippen LogP contribution in [-0.2, 0) is 0 Å². The number of nitriles is 1. The molecule has 0 saturated heterocycles. The van der Waals surface area contributed by atoms with Crippen LogP contribution in [0.1, 0.15) is 10.4 Å². The Balaban J connectivity index is 2.32. The monoisotopic (exact) mass is 290 g/mol. The van der Waals surface area contributed by atoms with Gasteiger partial charge in [0.1, 0.15) is 10.9 Å². The number of nitrogens with zero attached hydrogens (tertiary/aromatic N) is 1. The van der Waals surface area contributed by atoms with Crippen LogP contribution < -0.4 is 5.73 Å². The molecule has 0 saturated carbocycles. The summed E-state index contributed by atoms with van der Waals surface area (Å²) in [7, 11) is 0. The van der Waals surface area contributed by atoms with Gasteiger partial charge in [0.15, 0.2) is 0 Å². The average Bonchev–Trinajstić information content (AvgIpc) is 2.85. The van der Waals surface area contributed by atoms with Crippen molar-refractivity contribution >= 4 is 17.0 Å². The third kappa shape index (κ3) is 2.31. The van der Waals surface area contributed by atoms with E-state index in [-0.39, 0.29) is 0 Å². The van der Waals surface area contributed by atoms with Gasteiger partial charge in [-0.05, 0) is 23.6 Å². The van der Waals surface area contributed by atoms with Gasteiger partial charge in [-0.1, -0.05) is 54.6 Å². The SMILES string of the molecule is Cc1ccccc1-c1sc(C#N)c(N)c1-c1ccccc1. The quantitative estimate of drug-likeness (QED) is 0.733. The highest BCUT2D eigenvalue weighted by atomic mass is 32.1. The van der Waals surface area contributed by atoms with Crippen LogP contribution in [0.3, 0.4) is 0 Å². The summed E-state index contributed by atoms with van der Waals surface area (Å²) in [6.45, 7) is 2.08. The Kier molecular flexibility index (Phi) is 3.47. The molecule has 0 aliphatic rings. The molecule has 21 heavy (non-hydrogen) atoms. The first-order valence-electron chi connectivity index (χ1n) is 6.66. The van der Waals surface area contributed by atoms with Crippen LogP contribution in [0.5, 0.6) is 0 Å². The van der Waals surface area contributed by atoms with Crippen molar-refractivity contribution in [3.63, 3.8) is 0 Å². The van der Waals surface area contributed by atoms with E-state index in [4.69, 9.17) is 5.73 Å². The summed E-state index contributed by atoms with van der Waals surface area (Å²) in [4.78, 5) is 1.64. The van der Waals surface area contributed by atoms with E-state index in [0.717, 1.165) is 21.6 Å². The van der Waals surface area contributed by atoms with E-state index < -0.39 is 0 Å². The van der Waals surface area contributed by atoms with E-state index in [1.807, 2.05) is 42.5 Å². The minimum atomic E-state index is 0.576. The predicted octanol–water partition coefficient (Wildman–Crippen LogP) is 4.84. The molecule has 0 fully saturated rings. The molecule has 0 radical (unpaired) electrons. The van der Waals surface area contributed by atoms with Crippen LogP contribution >= 0.6 is 11.3 Å². The second-order valence-electron chi connectivity index (χ2n) is 4.84. The number of aryl methyl sites for hydroxylation is 1. The summed E-state index contributed by atoms with van der Waals surface area (Å²) >= 11 is 1.46. The number of thiophene rings is 1. The van der Waals surface area contributed by atoms with Crippen molar-refractivity contribution in [3.05, 3.63) is 65.0 Å². The maximum absolute atomic E-state index is 9.30. The Bertz CT molecular complexity index is 826. The maximum atomic E-state index is 9.30. The van der Waals surface area contributed by atoms with Crippen LogP contribution in [0.25, 0.3) is 21.6 Å². The standard InChI is InChI=1S/C18H14N2S/c1-12-7-5-6-10-14(12)18-16(13-8-3-2-4-9-13)17(20)15(11-19)21-18/h2-10H,20H2,1H3. The summed E-state index contributed by atoms with van der Waals surface area (Å²) in [6, 6.07) is 20.4. The van der Waals surface area contributed by atoms with Gasteiger partial charge in [-0.2, -0.15) is 5.26 Å². The van der Waals surface area contributed by atoms with E-state index in [1.165, 1.54) is 16.9 Å². The molecule has 0 atom stereocenters. The van der Waals surface area contributed by atoms with E-state index in [9.17, 15) is 5.26 Å². The number of benzene rings is 2. The van der Waals surface area contributed by atoms with Gasteiger partial charge < -0.3 is 5.73 Å². The predicted molar refractivity (Wildman–Crippen MR) is 89.1 cm³/mol. The zero-order valence-corrected chi connectivity index (χ0v) is 12.4. The van der Waals surface area contributed by atoms with Crippen molar-refractivity contribution < 1.29 is 0 Å². The van der Waals surface area contributed by atoms with Gasteiger partial charge in [-0.15, -0.1) is 11.3 Å². The van der Waals surface area contributed by atoms with Crippen molar-refractivity contribution in [1.82, 2.24) is 0 Å². The normalized spacial score (nSPS) is 10.3. The fourth-order valence-corrected chi connectivity index (χ4v) is 3.57. The van der Waals surface area contributed by atoms with Crippen LogP contribution in [0, 0.1) is 18.3 Å². The molecule has 2 N–H and O–H groups in total. The maximum Gasteiger partial charge on any atom is 0.129 e. The lowest BCUT2D eigenvalue weighted by Gasteiger charge is -2.08. The highest BCUT2D eigenvalue weighted by molar-refractivity contribution is 7.17. The molecule has 2 aromatic carbocycles. The molecule has 0 aliphatic carbocycles. The number of nitrogens with two attached hydrogens (primary N) is 1. The lowest BCUT2D eigenvalue weighted by molar-refractivity contribution is 1.48. The lowest BCUT2D eigenvalue weighted by Crippen LogP contribution is -1.90. The topological polar surface area (TPSA) is 49.8 Å². The Morgan fingerprint density at radius 1 is 1.00 bits per heavy atom. The zero-order valence-electron chi connectivity index (χ0n) is 11.6. The van der Waals surface area contributed by atoms with Crippen molar-refractivity contribution in [2.75, 3.05) is 5.73 Å². The molecule has 0 unspecified atom stereocenters. The van der Waals surface area contributed by atoms with Gasteiger partial charge in [-0.3, -0.25) is 0 Å². The molecule has 0 spiro atoms. The summed E-state index contributed by atoms with van der Waals surface area (Å²) in [5.41, 5.74) is 11.1. The largest absolute Gasteiger partial charge is 0.396 e. The molecular weight excluding hydrogens is 276 g/mol. The van der Waals surface area contributed by atoms with Gasteiger partial charge in [0.2, 0.25) is 0 Å². The Hall–Kier alpha value is -2.57. The van der Waals surface area contributed by atoms with Crippen molar-refractivity contribution in [2.24, 2.45) is 0 Å². The van der Waals surface area contributed by atoms with Crippen LogP contribution in [-0.4, -0.2) is 0 Å². The smallest absolute Gasteiger partial charge is 0.129 e.